The molecule has 2 aromatic rings. The Balaban J connectivity index is 1.87. The van der Waals surface area contributed by atoms with Gasteiger partial charge in [-0.3, -0.25) is 15.0 Å². The monoisotopic (exact) mass is 498 g/mol. The number of hydrogen-bond donors (Lipinski definition) is 2. The Hall–Kier alpha value is -2.58. The van der Waals surface area contributed by atoms with Crippen molar-refractivity contribution >= 4 is 31.2 Å². The molecule has 33 heavy (non-hydrogen) atoms. The molecule has 1 fully saturated rings. The van der Waals surface area contributed by atoms with Gasteiger partial charge in [-0.05, 0) is 30.7 Å². The van der Waals surface area contributed by atoms with E-state index < -0.39 is 41.4 Å². The van der Waals surface area contributed by atoms with Crippen LogP contribution in [0.1, 0.15) is 6.42 Å². The summed E-state index contributed by atoms with van der Waals surface area (Å²) in [6.07, 6.45) is 0.389. The van der Waals surface area contributed by atoms with Gasteiger partial charge in [0.1, 0.15) is 5.69 Å². The number of nitrogens with two attached hydrogens (primary N) is 1. The van der Waals surface area contributed by atoms with E-state index in [1.54, 1.807) is 18.2 Å². The van der Waals surface area contributed by atoms with Crippen molar-refractivity contribution < 1.29 is 26.5 Å². The van der Waals surface area contributed by atoms with E-state index in [2.05, 4.69) is 10.2 Å². The third-order valence-electron chi connectivity index (χ3n) is 5.27. The van der Waals surface area contributed by atoms with Crippen LogP contribution in [-0.2, 0) is 24.6 Å². The molecule has 0 amide bonds. The van der Waals surface area contributed by atoms with Gasteiger partial charge < -0.3 is 10.1 Å². The van der Waals surface area contributed by atoms with Gasteiger partial charge >= 0.3 is 0 Å². The number of nitrogens with zero attached hydrogens (tertiary/aromatic N) is 2. The van der Waals surface area contributed by atoms with Crippen molar-refractivity contribution in [3.05, 3.63) is 58.6 Å². The molecule has 0 saturated carbocycles. The first-order chi connectivity index (χ1) is 15.6. The quantitative estimate of drug-likeness (QED) is 0.362. The lowest BCUT2D eigenvalue weighted by molar-refractivity contribution is -0.384. The number of primary sulfonamides is 1. The maximum absolute atomic E-state index is 13.0. The van der Waals surface area contributed by atoms with Gasteiger partial charge in [0.2, 0.25) is 10.0 Å². The van der Waals surface area contributed by atoms with Gasteiger partial charge in [-0.2, -0.15) is 0 Å². The highest BCUT2D eigenvalue weighted by molar-refractivity contribution is 7.91. The van der Waals surface area contributed by atoms with Crippen molar-refractivity contribution in [2.45, 2.75) is 22.3 Å². The summed E-state index contributed by atoms with van der Waals surface area (Å²) in [5, 5.41) is 19.6. The van der Waals surface area contributed by atoms with E-state index in [1.807, 2.05) is 0 Å². The van der Waals surface area contributed by atoms with E-state index >= 15 is 0 Å². The van der Waals surface area contributed by atoms with Crippen LogP contribution >= 0.6 is 0 Å². The van der Waals surface area contributed by atoms with E-state index in [1.165, 1.54) is 18.2 Å². The maximum atomic E-state index is 13.0. The SMILES string of the molecule is NS(=O)(=O)c1ccc(N[C@H](CCN2CCOCC2)CS(=O)(=O)c2ccccc2)c([N+](=O)[O-])c1. The van der Waals surface area contributed by atoms with Crippen molar-refractivity contribution in [1.82, 2.24) is 4.90 Å². The number of rotatable bonds is 10. The maximum Gasteiger partial charge on any atom is 0.293 e. The molecule has 2 aromatic carbocycles. The number of nitrogens with one attached hydrogen (secondary N) is 1. The van der Waals surface area contributed by atoms with Crippen LogP contribution in [0.5, 0.6) is 0 Å². The minimum Gasteiger partial charge on any atom is -0.379 e. The summed E-state index contributed by atoms with van der Waals surface area (Å²) in [5.41, 5.74) is -0.488. The van der Waals surface area contributed by atoms with E-state index in [9.17, 15) is 26.9 Å². The first-order valence-corrected chi connectivity index (χ1v) is 13.4. The second kappa shape index (κ2) is 10.6. The van der Waals surface area contributed by atoms with Gasteiger partial charge in [0.25, 0.3) is 5.69 Å². The summed E-state index contributed by atoms with van der Waals surface area (Å²) in [6.45, 7) is 3.15. The van der Waals surface area contributed by atoms with Crippen molar-refractivity contribution in [1.29, 1.82) is 0 Å². The van der Waals surface area contributed by atoms with Gasteiger partial charge in [-0.15, -0.1) is 0 Å². The predicted molar refractivity (Wildman–Crippen MR) is 122 cm³/mol. The Morgan fingerprint density at radius 2 is 1.73 bits per heavy atom. The number of sulfonamides is 1. The Morgan fingerprint density at radius 3 is 2.33 bits per heavy atom. The fraction of sp³-hybridized carbons (Fsp3) is 0.400. The number of benzene rings is 2. The second-order valence-corrected chi connectivity index (χ2v) is 11.3. The molecule has 1 atom stereocenters. The minimum atomic E-state index is -4.14. The largest absolute Gasteiger partial charge is 0.379 e. The third kappa shape index (κ3) is 6.95. The number of morpholine rings is 1. The lowest BCUT2D eigenvalue weighted by atomic mass is 10.2. The molecule has 0 aromatic heterocycles. The van der Waals surface area contributed by atoms with E-state index in [0.717, 1.165) is 12.1 Å². The first-order valence-electron chi connectivity index (χ1n) is 10.2. The molecule has 0 bridgehead atoms. The highest BCUT2D eigenvalue weighted by Crippen LogP contribution is 2.29. The van der Waals surface area contributed by atoms with Crippen molar-refractivity contribution in [2.24, 2.45) is 5.14 Å². The molecule has 0 spiro atoms. The summed E-state index contributed by atoms with van der Waals surface area (Å²) in [5.74, 6) is -0.296. The van der Waals surface area contributed by atoms with Gasteiger partial charge in [0, 0.05) is 31.7 Å². The highest BCUT2D eigenvalue weighted by atomic mass is 32.2. The van der Waals surface area contributed by atoms with Crippen LogP contribution in [0.15, 0.2) is 58.3 Å². The summed E-state index contributed by atoms with van der Waals surface area (Å²) >= 11 is 0. The molecule has 1 aliphatic rings. The topological polar surface area (TPSA) is 162 Å². The minimum absolute atomic E-state index is 0.0163. The van der Waals surface area contributed by atoms with Gasteiger partial charge in [0.05, 0.1) is 33.7 Å². The Morgan fingerprint density at radius 1 is 1.06 bits per heavy atom. The van der Waals surface area contributed by atoms with Crippen LogP contribution in [0.2, 0.25) is 0 Å². The van der Waals surface area contributed by atoms with Crippen LogP contribution in [0.3, 0.4) is 0 Å². The highest BCUT2D eigenvalue weighted by Gasteiger charge is 2.26. The Labute approximate surface area is 192 Å². The lowest BCUT2D eigenvalue weighted by Gasteiger charge is -2.29. The number of sulfone groups is 1. The van der Waals surface area contributed by atoms with E-state index in [4.69, 9.17) is 9.88 Å². The summed E-state index contributed by atoms with van der Waals surface area (Å²) in [4.78, 5) is 12.7. The van der Waals surface area contributed by atoms with Crippen LogP contribution < -0.4 is 10.5 Å². The van der Waals surface area contributed by atoms with Gasteiger partial charge in [-0.25, -0.2) is 22.0 Å². The fourth-order valence-electron chi connectivity index (χ4n) is 3.53. The number of anilines is 1. The van der Waals surface area contributed by atoms with Crippen LogP contribution in [0.25, 0.3) is 0 Å². The molecular formula is C20H26N4O7S2. The normalized spacial score (nSPS) is 16.3. The molecule has 0 aliphatic carbocycles. The summed E-state index contributed by atoms with van der Waals surface area (Å²) in [6, 6.07) is 10.5. The van der Waals surface area contributed by atoms with Gasteiger partial charge in [0.15, 0.2) is 9.84 Å². The molecule has 11 nitrogen and oxygen atoms in total. The molecule has 180 valence electrons. The van der Waals surface area contributed by atoms with Crippen molar-refractivity contribution in [3.8, 4) is 0 Å². The fourth-order valence-corrected chi connectivity index (χ4v) is 5.61. The first kappa shape index (κ1) is 25.1. The summed E-state index contributed by atoms with van der Waals surface area (Å²) in [7, 11) is -7.83. The molecule has 1 aliphatic heterocycles. The molecule has 0 unspecified atom stereocenters. The Bertz CT molecular complexity index is 1180. The average Bonchev–Trinajstić information content (AvgIpc) is 2.78. The second-order valence-electron chi connectivity index (χ2n) is 7.66. The summed E-state index contributed by atoms with van der Waals surface area (Å²) < 4.78 is 54.5. The van der Waals surface area contributed by atoms with Crippen LogP contribution in [0.4, 0.5) is 11.4 Å². The number of ether oxygens (including phenoxy) is 1. The zero-order chi connectivity index (χ0) is 24.1. The predicted octanol–water partition coefficient (Wildman–Crippen LogP) is 1.22. The number of nitro benzene ring substituents is 1. The number of hydrogen-bond acceptors (Lipinski definition) is 9. The van der Waals surface area contributed by atoms with Gasteiger partial charge in [-0.1, -0.05) is 18.2 Å². The molecule has 1 saturated heterocycles. The molecular weight excluding hydrogens is 472 g/mol. The van der Waals surface area contributed by atoms with E-state index in [-0.39, 0.29) is 16.3 Å². The van der Waals surface area contributed by atoms with Crippen molar-refractivity contribution in [2.75, 3.05) is 43.9 Å². The zero-order valence-corrected chi connectivity index (χ0v) is 19.4. The molecule has 13 heteroatoms. The molecule has 0 radical (unpaired) electrons. The standard InChI is InChI=1S/C20H26N4O7S2/c21-33(29,30)18-6-7-19(20(14-18)24(25)26)22-16(8-9-23-10-12-31-13-11-23)15-32(27,28)17-4-2-1-3-5-17/h1-7,14,16,22H,8-13,15H2,(H2,21,29,30)/t16-/m1/s1. The van der Waals surface area contributed by atoms with Crippen LogP contribution in [0, 0.1) is 10.1 Å². The third-order valence-corrected chi connectivity index (χ3v) is 8.02. The van der Waals surface area contributed by atoms with Crippen molar-refractivity contribution in [3.63, 3.8) is 0 Å². The smallest absolute Gasteiger partial charge is 0.293 e. The Kier molecular flexibility index (Phi) is 8.02. The van der Waals surface area contributed by atoms with E-state index in [0.29, 0.717) is 39.3 Å². The average molecular weight is 499 g/mol. The molecule has 3 N–H and O–H groups in total. The number of nitro groups is 1. The zero-order valence-electron chi connectivity index (χ0n) is 17.8. The molecule has 3 rings (SSSR count). The van der Waals surface area contributed by atoms with Crippen LogP contribution in [-0.4, -0.2) is 71.3 Å². The lowest BCUT2D eigenvalue weighted by Crippen LogP contribution is -2.40. The molecule has 1 heterocycles.